The number of nitrogens with zero attached hydrogens (tertiary/aromatic N) is 2. The average molecular weight is 362 g/mol. The van der Waals surface area contributed by atoms with Crippen LogP contribution in [0.2, 0.25) is 5.02 Å². The van der Waals surface area contributed by atoms with Crippen molar-refractivity contribution in [1.82, 2.24) is 10.1 Å². The predicted octanol–water partition coefficient (Wildman–Crippen LogP) is 4.22. The fourth-order valence-electron chi connectivity index (χ4n) is 1.58. The van der Waals surface area contributed by atoms with Crippen molar-refractivity contribution in [2.24, 2.45) is 0 Å². The van der Waals surface area contributed by atoms with Crippen LogP contribution >= 0.6 is 27.5 Å². The van der Waals surface area contributed by atoms with Crippen molar-refractivity contribution < 1.29 is 14.0 Å². The molecule has 0 fully saturated rings. The highest BCUT2D eigenvalue weighted by molar-refractivity contribution is 9.10. The zero-order valence-electron chi connectivity index (χ0n) is 11.1. The topological polar surface area (TPSA) is 57.4 Å². The molecule has 0 aliphatic rings. The second-order valence-electron chi connectivity index (χ2n) is 3.83. The number of halogens is 2. The summed E-state index contributed by atoms with van der Waals surface area (Å²) in [5, 5.41) is 4.56. The van der Waals surface area contributed by atoms with E-state index in [1.54, 1.807) is 6.07 Å². The third-order valence-corrected chi connectivity index (χ3v) is 3.67. The molecule has 0 atom stereocenters. The van der Waals surface area contributed by atoms with Gasteiger partial charge < -0.3 is 14.0 Å². The van der Waals surface area contributed by atoms with Crippen LogP contribution in [0.1, 0.15) is 26.0 Å². The Balaban J connectivity index is 2.24. The molecule has 2 rings (SSSR count). The van der Waals surface area contributed by atoms with E-state index in [0.29, 0.717) is 30.0 Å². The molecule has 0 amide bonds. The summed E-state index contributed by atoms with van der Waals surface area (Å²) >= 11 is 9.32. The Bertz CT molecular complexity index is 570. The molecule has 0 N–H and O–H groups in total. The summed E-state index contributed by atoms with van der Waals surface area (Å²) in [6.07, 6.45) is -0.637. The molecule has 5 nitrogen and oxygen atoms in total. The van der Waals surface area contributed by atoms with E-state index in [0.717, 1.165) is 10.0 Å². The number of aromatic nitrogens is 2. The second kappa shape index (κ2) is 7.17. The van der Waals surface area contributed by atoms with Crippen LogP contribution < -0.4 is 0 Å². The van der Waals surface area contributed by atoms with Crippen LogP contribution in [0.4, 0.5) is 0 Å². The van der Waals surface area contributed by atoms with Gasteiger partial charge in [-0.05, 0) is 48.0 Å². The van der Waals surface area contributed by atoms with Gasteiger partial charge in [0, 0.05) is 23.2 Å². The molecule has 0 unspecified atom stereocenters. The number of hydrogen-bond donors (Lipinski definition) is 0. The Morgan fingerprint density at radius 2 is 2.00 bits per heavy atom. The minimum Gasteiger partial charge on any atom is -0.345 e. The molecule has 108 valence electrons. The highest BCUT2D eigenvalue weighted by Gasteiger charge is 2.20. The SMILES string of the molecule is CCOC(OCC)c1nc(-c2ccc(Cl)c(Br)c2)no1. The molecule has 1 aromatic heterocycles. The molecule has 0 bridgehead atoms. The fraction of sp³-hybridized carbons (Fsp3) is 0.385. The van der Waals surface area contributed by atoms with Crippen molar-refractivity contribution in [2.45, 2.75) is 20.1 Å². The third kappa shape index (κ3) is 3.58. The molecule has 0 radical (unpaired) electrons. The van der Waals surface area contributed by atoms with E-state index in [1.807, 2.05) is 26.0 Å². The van der Waals surface area contributed by atoms with Crippen molar-refractivity contribution in [3.63, 3.8) is 0 Å². The normalized spacial score (nSPS) is 11.2. The Labute approximate surface area is 130 Å². The van der Waals surface area contributed by atoms with Crippen LogP contribution in [0.15, 0.2) is 27.2 Å². The van der Waals surface area contributed by atoms with E-state index in [2.05, 4.69) is 26.1 Å². The van der Waals surface area contributed by atoms with Gasteiger partial charge in [-0.2, -0.15) is 4.98 Å². The third-order valence-electron chi connectivity index (χ3n) is 2.46. The van der Waals surface area contributed by atoms with Gasteiger partial charge in [-0.3, -0.25) is 0 Å². The highest BCUT2D eigenvalue weighted by Crippen LogP contribution is 2.28. The molecule has 1 heterocycles. The summed E-state index contributed by atoms with van der Waals surface area (Å²) in [6, 6.07) is 5.41. The van der Waals surface area contributed by atoms with Crippen LogP contribution in [0, 0.1) is 0 Å². The van der Waals surface area contributed by atoms with Gasteiger partial charge in [0.25, 0.3) is 5.89 Å². The van der Waals surface area contributed by atoms with E-state index in [4.69, 9.17) is 25.6 Å². The summed E-state index contributed by atoms with van der Waals surface area (Å²) in [7, 11) is 0. The average Bonchev–Trinajstić information content (AvgIpc) is 2.91. The molecule has 0 saturated heterocycles. The van der Waals surface area contributed by atoms with Gasteiger partial charge >= 0.3 is 0 Å². The number of ether oxygens (including phenoxy) is 2. The fourth-order valence-corrected chi connectivity index (χ4v) is 2.07. The molecular weight excluding hydrogens is 348 g/mol. The standard InChI is InChI=1S/C13H14BrClN2O3/c1-3-18-13(19-4-2)12-16-11(17-20-12)8-5-6-10(15)9(14)7-8/h5-7,13H,3-4H2,1-2H3. The molecular formula is C13H14BrClN2O3. The summed E-state index contributed by atoms with van der Waals surface area (Å²) in [4.78, 5) is 4.30. The lowest BCUT2D eigenvalue weighted by molar-refractivity contribution is -0.155. The van der Waals surface area contributed by atoms with Gasteiger partial charge in [0.05, 0.1) is 5.02 Å². The quantitative estimate of drug-likeness (QED) is 0.721. The molecule has 20 heavy (non-hydrogen) atoms. The Morgan fingerprint density at radius 3 is 2.60 bits per heavy atom. The van der Waals surface area contributed by atoms with Crippen LogP contribution in [0.3, 0.4) is 0 Å². The van der Waals surface area contributed by atoms with Gasteiger partial charge in [0.1, 0.15) is 0 Å². The molecule has 7 heteroatoms. The van der Waals surface area contributed by atoms with Crippen molar-refractivity contribution >= 4 is 27.5 Å². The Morgan fingerprint density at radius 1 is 1.30 bits per heavy atom. The lowest BCUT2D eigenvalue weighted by Crippen LogP contribution is -2.09. The second-order valence-corrected chi connectivity index (χ2v) is 5.09. The Kier molecular flexibility index (Phi) is 5.54. The molecule has 0 aliphatic heterocycles. The zero-order chi connectivity index (χ0) is 14.5. The summed E-state index contributed by atoms with van der Waals surface area (Å²) in [6.45, 7) is 4.74. The van der Waals surface area contributed by atoms with E-state index in [1.165, 1.54) is 0 Å². The van der Waals surface area contributed by atoms with Crippen molar-refractivity contribution in [3.8, 4) is 11.4 Å². The minimum atomic E-state index is -0.637. The van der Waals surface area contributed by atoms with Crippen molar-refractivity contribution in [1.29, 1.82) is 0 Å². The number of benzene rings is 1. The van der Waals surface area contributed by atoms with Gasteiger partial charge in [0.2, 0.25) is 12.1 Å². The first-order chi connectivity index (χ1) is 9.65. The smallest absolute Gasteiger partial charge is 0.283 e. The first-order valence-electron chi connectivity index (χ1n) is 6.18. The first-order valence-corrected chi connectivity index (χ1v) is 7.35. The number of rotatable bonds is 6. The van der Waals surface area contributed by atoms with Gasteiger partial charge in [-0.25, -0.2) is 0 Å². The van der Waals surface area contributed by atoms with Gasteiger partial charge in [-0.1, -0.05) is 16.8 Å². The van der Waals surface area contributed by atoms with Crippen molar-refractivity contribution in [2.75, 3.05) is 13.2 Å². The molecule has 0 aliphatic carbocycles. The van der Waals surface area contributed by atoms with Crippen LogP contribution in [0.5, 0.6) is 0 Å². The maximum absolute atomic E-state index is 5.96. The van der Waals surface area contributed by atoms with Gasteiger partial charge in [0.15, 0.2) is 0 Å². The van der Waals surface area contributed by atoms with Crippen LogP contribution in [-0.2, 0) is 9.47 Å². The van der Waals surface area contributed by atoms with E-state index in [-0.39, 0.29) is 0 Å². The zero-order valence-corrected chi connectivity index (χ0v) is 13.4. The van der Waals surface area contributed by atoms with Crippen LogP contribution in [-0.4, -0.2) is 23.4 Å². The highest BCUT2D eigenvalue weighted by atomic mass is 79.9. The number of hydrogen-bond acceptors (Lipinski definition) is 5. The van der Waals surface area contributed by atoms with Crippen molar-refractivity contribution in [3.05, 3.63) is 33.6 Å². The van der Waals surface area contributed by atoms with Gasteiger partial charge in [-0.15, -0.1) is 0 Å². The van der Waals surface area contributed by atoms with E-state index < -0.39 is 6.29 Å². The minimum absolute atomic E-state index is 0.301. The largest absolute Gasteiger partial charge is 0.345 e. The summed E-state index contributed by atoms with van der Waals surface area (Å²) in [5.74, 6) is 0.761. The molecule has 0 saturated carbocycles. The van der Waals surface area contributed by atoms with E-state index >= 15 is 0 Å². The van der Waals surface area contributed by atoms with E-state index in [9.17, 15) is 0 Å². The molecule has 0 spiro atoms. The predicted molar refractivity (Wildman–Crippen MR) is 78.4 cm³/mol. The Hall–Kier alpha value is -0.950. The molecule has 1 aromatic carbocycles. The maximum atomic E-state index is 5.96. The monoisotopic (exact) mass is 360 g/mol. The lowest BCUT2D eigenvalue weighted by atomic mass is 10.2. The first kappa shape index (κ1) is 15.4. The lowest BCUT2D eigenvalue weighted by Gasteiger charge is -2.11. The maximum Gasteiger partial charge on any atom is 0.283 e. The summed E-state index contributed by atoms with van der Waals surface area (Å²) in [5.41, 5.74) is 0.794. The van der Waals surface area contributed by atoms with Crippen LogP contribution in [0.25, 0.3) is 11.4 Å². The molecule has 2 aromatic rings. The summed E-state index contributed by atoms with van der Waals surface area (Å²) < 4.78 is 16.8.